The zero-order valence-corrected chi connectivity index (χ0v) is 33.2. The summed E-state index contributed by atoms with van der Waals surface area (Å²) >= 11 is 0. The molecule has 12 nitrogen and oxygen atoms in total. The Hall–Kier alpha value is -5.46. The van der Waals surface area contributed by atoms with Gasteiger partial charge in [-0.3, -0.25) is 9.80 Å². The maximum Gasteiger partial charge on any atom is 0.341 e. The fourth-order valence-corrected chi connectivity index (χ4v) is 8.91. The standard InChI is InChI=1S/C23H27NO5.C21H23NO5/c1-5-29-23(25)17-12-16-15(11-21(17)27-3)8-9-24-13-18-14(10-19(16)24)6-7-20(26-2)22(18)28-4;1-25-18-5-4-12-8-17-14-10-15(21(23)24)19(26-2)9-13(14)6-7-22(17)11-16(12)20(18)27-3/h6-7,11-12,19H,5,8-10,13H2,1-4H3;4-5,9-10,17H,6-8,11H2,1-3H3,(H,23,24)/t19-;17-/m00/s1. The lowest BCUT2D eigenvalue weighted by Gasteiger charge is -2.42. The lowest BCUT2D eigenvalue weighted by Crippen LogP contribution is -2.39. The summed E-state index contributed by atoms with van der Waals surface area (Å²) in [6.07, 6.45) is 3.45. The highest BCUT2D eigenvalue weighted by Gasteiger charge is 2.37. The van der Waals surface area contributed by atoms with Crippen molar-refractivity contribution < 1.29 is 47.9 Å². The van der Waals surface area contributed by atoms with Gasteiger partial charge < -0.3 is 38.3 Å². The first-order valence-electron chi connectivity index (χ1n) is 18.9. The van der Waals surface area contributed by atoms with Crippen molar-refractivity contribution >= 4 is 11.9 Å². The zero-order chi connectivity index (χ0) is 39.7. The number of carboxylic acid groups (broad SMARTS) is 1. The van der Waals surface area contributed by atoms with E-state index in [1.54, 1.807) is 41.6 Å². The fraction of sp³-hybridized carbons (Fsp3) is 0.409. The van der Waals surface area contributed by atoms with E-state index in [-0.39, 0.29) is 23.6 Å². The summed E-state index contributed by atoms with van der Waals surface area (Å²) in [4.78, 5) is 29.0. The molecule has 4 aliphatic rings. The number of carbonyl (C=O) groups is 2. The third kappa shape index (κ3) is 6.96. The monoisotopic (exact) mass is 766 g/mol. The van der Waals surface area contributed by atoms with Gasteiger partial charge in [-0.1, -0.05) is 12.1 Å². The van der Waals surface area contributed by atoms with E-state index < -0.39 is 5.97 Å². The van der Waals surface area contributed by atoms with E-state index in [0.29, 0.717) is 23.7 Å². The summed E-state index contributed by atoms with van der Waals surface area (Å²) in [5.74, 6) is 2.81. The topological polar surface area (TPSA) is 125 Å². The smallest absolute Gasteiger partial charge is 0.341 e. The molecule has 4 aromatic rings. The molecule has 4 aliphatic heterocycles. The summed E-state index contributed by atoms with van der Waals surface area (Å²) in [6, 6.07) is 16.1. The fourth-order valence-electron chi connectivity index (χ4n) is 8.91. The largest absolute Gasteiger partial charge is 0.496 e. The molecular formula is C44H50N2O10. The summed E-state index contributed by atoms with van der Waals surface area (Å²) < 4.78 is 38.2. The Balaban J connectivity index is 0.000000172. The SMILES string of the molecule is CCOC(=O)c1cc2c(cc1OC)CCN1Cc3c(ccc(OC)c3OC)C[C@@H]21.COc1cc2c(cc1C(=O)O)[C@@H]1Cc3ccc(OC)c(OC)c3CN1CC2. The molecule has 0 amide bonds. The number of rotatable bonds is 9. The van der Waals surface area contributed by atoms with Crippen molar-refractivity contribution in [2.45, 2.75) is 57.8 Å². The van der Waals surface area contributed by atoms with E-state index in [0.717, 1.165) is 86.0 Å². The first kappa shape index (κ1) is 38.8. The van der Waals surface area contributed by atoms with Gasteiger partial charge in [0.1, 0.15) is 22.6 Å². The molecule has 0 unspecified atom stereocenters. The van der Waals surface area contributed by atoms with Gasteiger partial charge in [-0.15, -0.1) is 0 Å². The number of esters is 1. The predicted molar refractivity (Wildman–Crippen MR) is 209 cm³/mol. The van der Waals surface area contributed by atoms with Gasteiger partial charge in [-0.25, -0.2) is 9.59 Å². The molecule has 4 heterocycles. The number of nitrogens with zero attached hydrogens (tertiary/aromatic N) is 2. The van der Waals surface area contributed by atoms with Crippen LogP contribution in [0.5, 0.6) is 34.5 Å². The molecule has 0 aromatic heterocycles. The van der Waals surface area contributed by atoms with Crippen molar-refractivity contribution in [2.75, 3.05) is 62.4 Å². The Morgan fingerprint density at radius 2 is 1.05 bits per heavy atom. The number of fused-ring (bicyclic) bond motifs is 8. The normalized spacial score (nSPS) is 17.8. The molecule has 0 saturated heterocycles. The highest BCUT2D eigenvalue weighted by molar-refractivity contribution is 5.93. The Labute approximate surface area is 327 Å². The van der Waals surface area contributed by atoms with E-state index in [2.05, 4.69) is 21.9 Å². The molecule has 56 heavy (non-hydrogen) atoms. The minimum absolute atomic E-state index is 0.156. The molecule has 0 bridgehead atoms. The van der Waals surface area contributed by atoms with Crippen LogP contribution in [0.2, 0.25) is 0 Å². The number of carbonyl (C=O) groups excluding carboxylic acids is 1. The summed E-state index contributed by atoms with van der Waals surface area (Å²) in [5, 5.41) is 9.55. The van der Waals surface area contributed by atoms with Gasteiger partial charge in [0, 0.05) is 49.4 Å². The van der Waals surface area contributed by atoms with Crippen molar-refractivity contribution in [1.29, 1.82) is 0 Å². The molecule has 0 aliphatic carbocycles. The number of carboxylic acids is 1. The quantitative estimate of drug-likeness (QED) is 0.184. The molecule has 4 aromatic carbocycles. The van der Waals surface area contributed by atoms with Gasteiger partial charge in [0.25, 0.3) is 0 Å². The second kappa shape index (κ2) is 16.3. The molecule has 12 heteroatoms. The van der Waals surface area contributed by atoms with Crippen LogP contribution in [0.25, 0.3) is 0 Å². The second-order valence-electron chi connectivity index (χ2n) is 14.3. The number of hydrogen-bond donors (Lipinski definition) is 1. The summed E-state index contributed by atoms with van der Waals surface area (Å²) in [6.45, 7) is 5.55. The number of benzene rings is 4. The Morgan fingerprint density at radius 1 is 0.607 bits per heavy atom. The van der Waals surface area contributed by atoms with Gasteiger partial charge in [-0.2, -0.15) is 0 Å². The first-order chi connectivity index (χ1) is 27.2. The van der Waals surface area contributed by atoms with Gasteiger partial charge in [0.2, 0.25) is 0 Å². The molecule has 0 radical (unpaired) electrons. The van der Waals surface area contributed by atoms with Crippen molar-refractivity contribution in [1.82, 2.24) is 9.80 Å². The van der Waals surface area contributed by atoms with Crippen LogP contribution in [-0.4, -0.2) is 89.2 Å². The summed E-state index contributed by atoms with van der Waals surface area (Å²) in [7, 11) is 9.77. The third-order valence-corrected chi connectivity index (χ3v) is 11.6. The van der Waals surface area contributed by atoms with E-state index in [1.807, 2.05) is 37.3 Å². The van der Waals surface area contributed by atoms with Crippen molar-refractivity contribution in [3.05, 3.63) is 104 Å². The Morgan fingerprint density at radius 3 is 1.46 bits per heavy atom. The number of ether oxygens (including phenoxy) is 7. The predicted octanol–water partition coefficient (Wildman–Crippen LogP) is 6.61. The van der Waals surface area contributed by atoms with Crippen LogP contribution >= 0.6 is 0 Å². The van der Waals surface area contributed by atoms with Crippen molar-refractivity contribution in [2.24, 2.45) is 0 Å². The second-order valence-corrected chi connectivity index (χ2v) is 14.3. The number of methoxy groups -OCH3 is 6. The highest BCUT2D eigenvalue weighted by Crippen LogP contribution is 2.46. The van der Waals surface area contributed by atoms with Gasteiger partial charge in [0.15, 0.2) is 23.0 Å². The number of aromatic carboxylic acids is 1. The van der Waals surface area contributed by atoms with E-state index in [4.69, 9.17) is 33.2 Å². The van der Waals surface area contributed by atoms with Crippen LogP contribution < -0.4 is 28.4 Å². The molecule has 2 atom stereocenters. The first-order valence-corrected chi connectivity index (χ1v) is 18.9. The summed E-state index contributed by atoms with van der Waals surface area (Å²) in [5.41, 5.74) is 10.2. The van der Waals surface area contributed by atoms with Gasteiger partial charge in [0.05, 0.1) is 49.3 Å². The third-order valence-electron chi connectivity index (χ3n) is 11.6. The van der Waals surface area contributed by atoms with Crippen LogP contribution in [0.15, 0.2) is 48.5 Å². The molecule has 0 spiro atoms. The average molecular weight is 767 g/mol. The molecule has 0 saturated carbocycles. The lowest BCUT2D eigenvalue weighted by atomic mass is 9.83. The Kier molecular flexibility index (Phi) is 11.3. The molecule has 8 rings (SSSR count). The number of hydrogen-bond acceptors (Lipinski definition) is 11. The van der Waals surface area contributed by atoms with Gasteiger partial charge >= 0.3 is 11.9 Å². The van der Waals surface area contributed by atoms with E-state index >= 15 is 0 Å². The lowest BCUT2D eigenvalue weighted by molar-refractivity contribution is 0.0521. The van der Waals surface area contributed by atoms with E-state index in [1.165, 1.54) is 40.5 Å². The van der Waals surface area contributed by atoms with Crippen LogP contribution in [0.3, 0.4) is 0 Å². The average Bonchev–Trinajstić information content (AvgIpc) is 3.23. The van der Waals surface area contributed by atoms with Crippen LogP contribution in [0.1, 0.15) is 84.2 Å². The van der Waals surface area contributed by atoms with Crippen LogP contribution in [0.4, 0.5) is 0 Å². The minimum Gasteiger partial charge on any atom is -0.496 e. The Bertz CT molecular complexity index is 2150. The molecule has 296 valence electrons. The van der Waals surface area contributed by atoms with E-state index in [9.17, 15) is 14.7 Å². The minimum atomic E-state index is -0.964. The molecule has 1 N–H and O–H groups in total. The molecule has 0 fully saturated rings. The van der Waals surface area contributed by atoms with Gasteiger partial charge in [-0.05, 0) is 102 Å². The highest BCUT2D eigenvalue weighted by atomic mass is 16.5. The van der Waals surface area contributed by atoms with Crippen molar-refractivity contribution in [3.63, 3.8) is 0 Å². The van der Waals surface area contributed by atoms with Crippen LogP contribution in [-0.2, 0) is 43.5 Å². The zero-order valence-electron chi connectivity index (χ0n) is 33.2. The van der Waals surface area contributed by atoms with Crippen LogP contribution in [0, 0.1) is 0 Å². The molecular weight excluding hydrogens is 716 g/mol. The van der Waals surface area contributed by atoms with Crippen molar-refractivity contribution in [3.8, 4) is 34.5 Å². The maximum absolute atomic E-state index is 12.5. The maximum atomic E-state index is 12.5.